The summed E-state index contributed by atoms with van der Waals surface area (Å²) < 4.78 is 40.5. The molecule has 11 heteroatoms. The highest BCUT2D eigenvalue weighted by Crippen LogP contribution is 2.28. The van der Waals surface area contributed by atoms with Gasteiger partial charge in [0.1, 0.15) is 12.4 Å². The zero-order valence-corrected chi connectivity index (χ0v) is 18.8. The zero-order valence-electron chi connectivity index (χ0n) is 16.4. The van der Waals surface area contributed by atoms with Crippen LogP contribution in [0, 0.1) is 0 Å². The largest absolute Gasteiger partial charge is 0.496 e. The Labute approximate surface area is 187 Å². The molecule has 0 aliphatic heterocycles. The number of hydrogen-bond donors (Lipinski definition) is 1. The lowest BCUT2D eigenvalue weighted by molar-refractivity contribution is 0.306. The Kier molecular flexibility index (Phi) is 6.16. The summed E-state index contributed by atoms with van der Waals surface area (Å²) in [5.74, 6) is 1.47. The zero-order chi connectivity index (χ0) is 21.8. The van der Waals surface area contributed by atoms with Crippen molar-refractivity contribution >= 4 is 31.6 Å². The lowest BCUT2D eigenvalue weighted by Gasteiger charge is -2.09. The van der Waals surface area contributed by atoms with Crippen LogP contribution in [-0.4, -0.2) is 48.5 Å². The fraction of sp³-hybridized carbons (Fsp3) is 0.150. The van der Waals surface area contributed by atoms with Gasteiger partial charge in [-0.25, -0.2) is 13.1 Å². The number of halogens is 1. The van der Waals surface area contributed by atoms with Crippen molar-refractivity contribution in [2.45, 2.75) is 4.90 Å². The molecule has 2 heterocycles. The Bertz CT molecular complexity index is 1310. The summed E-state index contributed by atoms with van der Waals surface area (Å²) in [4.78, 5) is 0.182. The average Bonchev–Trinajstić information content (AvgIpc) is 3.20. The van der Waals surface area contributed by atoms with Gasteiger partial charge >= 0.3 is 0 Å². The Morgan fingerprint density at radius 1 is 1.03 bits per heavy atom. The maximum absolute atomic E-state index is 12.3. The highest BCUT2D eigenvalue weighted by Gasteiger charge is 2.15. The van der Waals surface area contributed by atoms with Gasteiger partial charge in [0.15, 0.2) is 11.5 Å². The molecule has 0 bridgehead atoms. The molecule has 2 aromatic heterocycles. The molecule has 0 aliphatic carbocycles. The van der Waals surface area contributed by atoms with Crippen LogP contribution in [0.25, 0.3) is 17.0 Å². The van der Waals surface area contributed by atoms with Gasteiger partial charge in [0, 0.05) is 17.1 Å². The van der Waals surface area contributed by atoms with Crippen LogP contribution < -0.4 is 14.2 Å². The van der Waals surface area contributed by atoms with Crippen molar-refractivity contribution in [3.63, 3.8) is 0 Å². The van der Waals surface area contributed by atoms with Gasteiger partial charge in [-0.2, -0.15) is 4.52 Å². The number of ether oxygens (including phenoxy) is 2. The molecule has 9 nitrogen and oxygen atoms in total. The number of aromatic nitrogens is 4. The van der Waals surface area contributed by atoms with Crippen LogP contribution in [0.3, 0.4) is 0 Å². The first-order valence-corrected chi connectivity index (χ1v) is 11.5. The molecule has 160 valence electrons. The molecule has 0 atom stereocenters. The van der Waals surface area contributed by atoms with Crippen LogP contribution in [0.2, 0.25) is 0 Å². The molecule has 31 heavy (non-hydrogen) atoms. The Hall–Kier alpha value is -3.02. The van der Waals surface area contributed by atoms with Gasteiger partial charge < -0.3 is 9.47 Å². The fourth-order valence-corrected chi connectivity index (χ4v) is 4.15. The van der Waals surface area contributed by atoms with Crippen LogP contribution in [0.1, 0.15) is 0 Å². The van der Waals surface area contributed by atoms with E-state index in [0.29, 0.717) is 23.1 Å². The van der Waals surface area contributed by atoms with Gasteiger partial charge in [-0.1, -0.05) is 28.1 Å². The molecule has 4 aromatic rings. The van der Waals surface area contributed by atoms with E-state index in [0.717, 1.165) is 10.0 Å². The summed E-state index contributed by atoms with van der Waals surface area (Å²) in [6, 6.07) is 17.2. The molecule has 0 fully saturated rings. The van der Waals surface area contributed by atoms with Crippen molar-refractivity contribution < 1.29 is 17.9 Å². The smallest absolute Gasteiger partial charge is 0.240 e. The lowest BCUT2D eigenvalue weighted by Crippen LogP contribution is -2.28. The SMILES string of the molecule is COc1ccccc1-c1nnc2ccc(OCCNS(=O)(=O)c3ccc(Br)cc3)nn12. The van der Waals surface area contributed by atoms with Gasteiger partial charge in [-0.3, -0.25) is 0 Å². The van der Waals surface area contributed by atoms with E-state index in [9.17, 15) is 8.42 Å². The van der Waals surface area contributed by atoms with Crippen LogP contribution in [-0.2, 0) is 10.0 Å². The summed E-state index contributed by atoms with van der Waals surface area (Å²) in [5, 5.41) is 12.7. The van der Waals surface area contributed by atoms with Crippen molar-refractivity contribution in [3.8, 4) is 23.0 Å². The van der Waals surface area contributed by atoms with E-state index < -0.39 is 10.0 Å². The fourth-order valence-electron chi connectivity index (χ4n) is 2.88. The minimum Gasteiger partial charge on any atom is -0.496 e. The number of sulfonamides is 1. The quantitative estimate of drug-likeness (QED) is 0.368. The monoisotopic (exact) mass is 503 g/mol. The molecule has 0 amide bonds. The van der Waals surface area contributed by atoms with E-state index in [4.69, 9.17) is 9.47 Å². The third-order valence-corrected chi connectivity index (χ3v) is 6.36. The summed E-state index contributed by atoms with van der Waals surface area (Å²) in [6.45, 7) is 0.181. The van der Waals surface area contributed by atoms with Crippen molar-refractivity contribution in [1.82, 2.24) is 24.5 Å². The van der Waals surface area contributed by atoms with Crippen molar-refractivity contribution in [3.05, 3.63) is 65.1 Å². The Morgan fingerprint density at radius 2 is 1.81 bits per heavy atom. The molecule has 4 rings (SSSR count). The first-order chi connectivity index (χ1) is 15.0. The summed E-state index contributed by atoms with van der Waals surface area (Å²) >= 11 is 3.28. The Balaban J connectivity index is 1.45. The number of fused-ring (bicyclic) bond motifs is 1. The summed E-state index contributed by atoms with van der Waals surface area (Å²) in [5.41, 5.74) is 1.29. The highest BCUT2D eigenvalue weighted by atomic mass is 79.9. The summed E-state index contributed by atoms with van der Waals surface area (Å²) in [7, 11) is -2.04. The number of nitrogens with one attached hydrogen (secondary N) is 1. The maximum atomic E-state index is 12.3. The van der Waals surface area contributed by atoms with E-state index in [1.807, 2.05) is 24.3 Å². The molecule has 0 spiro atoms. The molecular weight excluding hydrogens is 486 g/mol. The van der Waals surface area contributed by atoms with Gasteiger partial charge in [-0.15, -0.1) is 15.3 Å². The second-order valence-electron chi connectivity index (χ2n) is 6.37. The number of methoxy groups -OCH3 is 1. The molecule has 0 saturated carbocycles. The molecule has 0 radical (unpaired) electrons. The van der Waals surface area contributed by atoms with Gasteiger partial charge in [0.2, 0.25) is 15.9 Å². The number of nitrogens with zero attached hydrogens (tertiary/aromatic N) is 4. The molecule has 0 saturated heterocycles. The molecule has 1 N–H and O–H groups in total. The number of rotatable bonds is 8. The van der Waals surface area contributed by atoms with Crippen LogP contribution in [0.4, 0.5) is 0 Å². The van der Waals surface area contributed by atoms with Crippen LogP contribution in [0.15, 0.2) is 70.0 Å². The minimum absolute atomic E-state index is 0.0830. The van der Waals surface area contributed by atoms with Crippen molar-refractivity contribution in [2.75, 3.05) is 20.3 Å². The van der Waals surface area contributed by atoms with Crippen LogP contribution >= 0.6 is 15.9 Å². The number of para-hydroxylation sites is 1. The van der Waals surface area contributed by atoms with Crippen molar-refractivity contribution in [2.24, 2.45) is 0 Å². The maximum Gasteiger partial charge on any atom is 0.240 e. The number of benzene rings is 2. The summed E-state index contributed by atoms with van der Waals surface area (Å²) in [6.07, 6.45) is 0. The van der Waals surface area contributed by atoms with Crippen LogP contribution in [0.5, 0.6) is 11.6 Å². The average molecular weight is 504 g/mol. The molecular formula is C20H18BrN5O4S. The van der Waals surface area contributed by atoms with E-state index in [-0.39, 0.29) is 18.0 Å². The van der Waals surface area contributed by atoms with Gasteiger partial charge in [0.05, 0.1) is 17.6 Å². The topological polar surface area (TPSA) is 108 Å². The Morgan fingerprint density at radius 3 is 2.58 bits per heavy atom. The second-order valence-corrected chi connectivity index (χ2v) is 9.05. The van der Waals surface area contributed by atoms with E-state index in [1.54, 1.807) is 35.9 Å². The van der Waals surface area contributed by atoms with E-state index >= 15 is 0 Å². The standard InChI is InChI=1S/C20H18BrN5O4S/c1-29-17-5-3-2-4-16(17)20-24-23-18-10-11-19(25-26(18)20)30-13-12-22-31(27,28)15-8-6-14(21)7-9-15/h2-11,22H,12-13H2,1H3. The minimum atomic E-state index is -3.62. The third kappa shape index (κ3) is 4.68. The second kappa shape index (κ2) is 9.00. The molecule has 2 aromatic carbocycles. The molecule has 0 aliphatic rings. The predicted octanol–water partition coefficient (Wildman–Crippen LogP) is 2.92. The lowest BCUT2D eigenvalue weighted by atomic mass is 10.2. The number of hydrogen-bond acceptors (Lipinski definition) is 7. The first kappa shape index (κ1) is 21.2. The van der Waals surface area contributed by atoms with Crippen molar-refractivity contribution in [1.29, 1.82) is 0 Å². The van der Waals surface area contributed by atoms with E-state index in [1.165, 1.54) is 12.1 Å². The van der Waals surface area contributed by atoms with Gasteiger partial charge in [-0.05, 0) is 42.5 Å². The first-order valence-electron chi connectivity index (χ1n) is 9.22. The van der Waals surface area contributed by atoms with E-state index in [2.05, 4.69) is 35.9 Å². The normalized spacial score (nSPS) is 11.5. The molecule has 0 unspecified atom stereocenters. The predicted molar refractivity (Wildman–Crippen MR) is 118 cm³/mol. The van der Waals surface area contributed by atoms with Gasteiger partial charge in [0.25, 0.3) is 0 Å². The highest BCUT2D eigenvalue weighted by molar-refractivity contribution is 9.10. The third-order valence-electron chi connectivity index (χ3n) is 4.35.